The van der Waals surface area contributed by atoms with Gasteiger partial charge in [0.05, 0.1) is 0 Å². The summed E-state index contributed by atoms with van der Waals surface area (Å²) in [6.07, 6.45) is 7.14. The second kappa shape index (κ2) is 16.1. The number of hydrogen-bond acceptors (Lipinski definition) is 4. The van der Waals surface area contributed by atoms with E-state index in [1.54, 1.807) is 0 Å². The molecule has 0 aliphatic carbocycles. The molecule has 0 radical (unpaired) electrons. The van der Waals surface area contributed by atoms with Gasteiger partial charge in [0.1, 0.15) is 0 Å². The highest BCUT2D eigenvalue weighted by Gasteiger charge is 2.22. The molecule has 0 aromatic heterocycles. The number of halogens is 1. The molecule has 0 aromatic rings. The molecule has 2 rings (SSSR count). The molecule has 1 atom stereocenters. The second-order valence-electron chi connectivity index (χ2n) is 7.85. The van der Waals surface area contributed by atoms with Gasteiger partial charge < -0.3 is 25.0 Å². The Morgan fingerprint density at radius 1 is 1.21 bits per heavy atom. The zero-order chi connectivity index (χ0) is 20.0. The Labute approximate surface area is 193 Å². The average molecular weight is 524 g/mol. The summed E-state index contributed by atoms with van der Waals surface area (Å²) in [5.74, 6) is 1.68. The van der Waals surface area contributed by atoms with Crippen LogP contribution in [0.15, 0.2) is 4.99 Å². The molecule has 2 aliphatic heterocycles. The number of guanidine groups is 1. The molecule has 8 heteroatoms. The van der Waals surface area contributed by atoms with Crippen molar-refractivity contribution >= 4 is 35.8 Å². The van der Waals surface area contributed by atoms with Crippen LogP contribution in [0.5, 0.6) is 0 Å². The molecule has 2 N–H and O–H groups in total. The summed E-state index contributed by atoms with van der Waals surface area (Å²) < 4.78 is 11.2. The quantitative estimate of drug-likeness (QED) is 0.199. The molecule has 2 aliphatic rings. The lowest BCUT2D eigenvalue weighted by Crippen LogP contribution is -2.44. The lowest BCUT2D eigenvalue weighted by molar-refractivity contribution is -0.134. The Balaban J connectivity index is 0.00000420. The fourth-order valence-electron chi connectivity index (χ4n) is 3.76. The van der Waals surface area contributed by atoms with E-state index in [2.05, 4.69) is 29.5 Å². The zero-order valence-electron chi connectivity index (χ0n) is 18.3. The van der Waals surface area contributed by atoms with Gasteiger partial charge in [-0.25, -0.2) is 0 Å². The van der Waals surface area contributed by atoms with Crippen LogP contribution in [0.3, 0.4) is 0 Å². The van der Waals surface area contributed by atoms with Crippen molar-refractivity contribution in [1.29, 1.82) is 0 Å². The number of piperidine rings is 1. The zero-order valence-corrected chi connectivity index (χ0v) is 20.6. The number of rotatable bonds is 10. The first kappa shape index (κ1) is 26.4. The van der Waals surface area contributed by atoms with Gasteiger partial charge in [0.25, 0.3) is 0 Å². The third kappa shape index (κ3) is 10.8. The SMILES string of the molecule is CCNC(=NCCCOCC1CCOCC1)NCCC(=O)N1CCCCC1C.I. The molecule has 2 fully saturated rings. The van der Waals surface area contributed by atoms with Gasteiger partial charge in [-0.2, -0.15) is 0 Å². The summed E-state index contributed by atoms with van der Waals surface area (Å²) in [4.78, 5) is 19.0. The smallest absolute Gasteiger partial charge is 0.224 e. The van der Waals surface area contributed by atoms with Crippen LogP contribution < -0.4 is 10.6 Å². The standard InChI is InChI=1S/C21H40N4O3.HI/c1-3-22-21(23-11-6-14-28-17-19-9-15-27-16-10-19)24-12-8-20(26)25-13-5-4-7-18(25)2;/h18-19H,3-17H2,1-2H3,(H2,22,23,24);1H. The largest absolute Gasteiger partial charge is 0.381 e. The average Bonchev–Trinajstić information content (AvgIpc) is 2.71. The van der Waals surface area contributed by atoms with E-state index in [0.717, 1.165) is 84.1 Å². The Hall–Kier alpha value is -0.610. The highest BCUT2D eigenvalue weighted by Crippen LogP contribution is 2.17. The maximum absolute atomic E-state index is 12.4. The summed E-state index contributed by atoms with van der Waals surface area (Å²) in [6, 6.07) is 0.379. The maximum Gasteiger partial charge on any atom is 0.224 e. The minimum absolute atomic E-state index is 0. The van der Waals surface area contributed by atoms with Crippen LogP contribution in [0.25, 0.3) is 0 Å². The molecular formula is C21H41IN4O3. The number of carbonyl (C=O) groups excluding carboxylic acids is 1. The third-order valence-electron chi connectivity index (χ3n) is 5.51. The van der Waals surface area contributed by atoms with Crippen LogP contribution in [0.4, 0.5) is 0 Å². The van der Waals surface area contributed by atoms with E-state index in [0.29, 0.717) is 24.9 Å². The van der Waals surface area contributed by atoms with E-state index in [1.807, 2.05) is 4.90 Å². The van der Waals surface area contributed by atoms with E-state index in [-0.39, 0.29) is 29.9 Å². The highest BCUT2D eigenvalue weighted by atomic mass is 127. The molecule has 7 nitrogen and oxygen atoms in total. The Kier molecular flexibility index (Phi) is 14.7. The van der Waals surface area contributed by atoms with Gasteiger partial charge in [0, 0.05) is 65.1 Å². The van der Waals surface area contributed by atoms with Crippen molar-refractivity contribution in [3.8, 4) is 0 Å². The molecule has 2 saturated heterocycles. The van der Waals surface area contributed by atoms with Crippen molar-refractivity contribution in [3.05, 3.63) is 0 Å². The van der Waals surface area contributed by atoms with E-state index in [1.165, 1.54) is 6.42 Å². The van der Waals surface area contributed by atoms with Crippen molar-refractivity contribution in [1.82, 2.24) is 15.5 Å². The second-order valence-corrected chi connectivity index (χ2v) is 7.85. The van der Waals surface area contributed by atoms with E-state index in [4.69, 9.17) is 9.47 Å². The third-order valence-corrected chi connectivity index (χ3v) is 5.51. The molecule has 0 spiro atoms. The fourth-order valence-corrected chi connectivity index (χ4v) is 3.76. The van der Waals surface area contributed by atoms with Crippen molar-refractivity contribution in [2.24, 2.45) is 10.9 Å². The van der Waals surface area contributed by atoms with Gasteiger partial charge >= 0.3 is 0 Å². The summed E-state index contributed by atoms with van der Waals surface area (Å²) in [5, 5.41) is 6.53. The van der Waals surface area contributed by atoms with Crippen molar-refractivity contribution in [2.75, 3.05) is 52.6 Å². The number of aliphatic imine (C=N–C) groups is 1. The first-order valence-corrected chi connectivity index (χ1v) is 11.2. The lowest BCUT2D eigenvalue weighted by atomic mass is 10.0. The topological polar surface area (TPSA) is 75.2 Å². The van der Waals surface area contributed by atoms with E-state index >= 15 is 0 Å². The molecule has 170 valence electrons. The Morgan fingerprint density at radius 2 is 2.00 bits per heavy atom. The molecule has 1 amide bonds. The minimum atomic E-state index is 0. The van der Waals surface area contributed by atoms with Crippen LogP contribution in [0, 0.1) is 5.92 Å². The first-order valence-electron chi connectivity index (χ1n) is 11.2. The van der Waals surface area contributed by atoms with Gasteiger partial charge in [-0.3, -0.25) is 9.79 Å². The fraction of sp³-hybridized carbons (Fsp3) is 0.905. The molecule has 0 saturated carbocycles. The van der Waals surface area contributed by atoms with Crippen molar-refractivity contribution in [3.63, 3.8) is 0 Å². The number of nitrogens with zero attached hydrogens (tertiary/aromatic N) is 2. The number of carbonyl (C=O) groups is 1. The molecule has 29 heavy (non-hydrogen) atoms. The summed E-state index contributed by atoms with van der Waals surface area (Å²) in [7, 11) is 0. The summed E-state index contributed by atoms with van der Waals surface area (Å²) >= 11 is 0. The monoisotopic (exact) mass is 524 g/mol. The molecular weight excluding hydrogens is 483 g/mol. The Morgan fingerprint density at radius 3 is 2.72 bits per heavy atom. The Bertz CT molecular complexity index is 473. The number of nitrogens with one attached hydrogen (secondary N) is 2. The van der Waals surface area contributed by atoms with Crippen LogP contribution >= 0.6 is 24.0 Å². The van der Waals surface area contributed by atoms with Gasteiger partial charge in [0.15, 0.2) is 5.96 Å². The van der Waals surface area contributed by atoms with Crippen LogP contribution in [0.1, 0.15) is 58.8 Å². The van der Waals surface area contributed by atoms with Gasteiger partial charge in [-0.05, 0) is 58.3 Å². The molecule has 2 heterocycles. The lowest BCUT2D eigenvalue weighted by Gasteiger charge is -2.33. The van der Waals surface area contributed by atoms with Crippen LogP contribution in [-0.2, 0) is 14.3 Å². The molecule has 1 unspecified atom stereocenters. The maximum atomic E-state index is 12.4. The van der Waals surface area contributed by atoms with Crippen molar-refractivity contribution in [2.45, 2.75) is 64.8 Å². The van der Waals surface area contributed by atoms with Crippen LogP contribution in [-0.4, -0.2) is 75.4 Å². The number of likely N-dealkylation sites (tertiary alicyclic amines) is 1. The first-order chi connectivity index (χ1) is 13.7. The minimum Gasteiger partial charge on any atom is -0.381 e. The highest BCUT2D eigenvalue weighted by molar-refractivity contribution is 14.0. The van der Waals surface area contributed by atoms with Gasteiger partial charge in [-0.15, -0.1) is 24.0 Å². The predicted molar refractivity (Wildman–Crippen MR) is 128 cm³/mol. The number of amides is 1. The van der Waals surface area contributed by atoms with E-state index in [9.17, 15) is 4.79 Å². The van der Waals surface area contributed by atoms with Gasteiger partial charge in [-0.1, -0.05) is 0 Å². The molecule has 0 aromatic carbocycles. The number of ether oxygens (including phenoxy) is 2. The number of hydrogen-bond donors (Lipinski definition) is 2. The predicted octanol–water partition coefficient (Wildman–Crippen LogP) is 2.78. The van der Waals surface area contributed by atoms with Crippen LogP contribution in [0.2, 0.25) is 0 Å². The summed E-state index contributed by atoms with van der Waals surface area (Å²) in [5.41, 5.74) is 0. The van der Waals surface area contributed by atoms with E-state index < -0.39 is 0 Å². The normalized spacial score (nSPS) is 20.8. The molecule has 0 bridgehead atoms. The van der Waals surface area contributed by atoms with Crippen molar-refractivity contribution < 1.29 is 14.3 Å². The summed E-state index contributed by atoms with van der Waals surface area (Å²) in [6.45, 7) is 10.6. The van der Waals surface area contributed by atoms with Gasteiger partial charge in [0.2, 0.25) is 5.91 Å².